The van der Waals surface area contributed by atoms with Crippen LogP contribution in [0.5, 0.6) is 0 Å². The summed E-state index contributed by atoms with van der Waals surface area (Å²) in [4.78, 5) is 0. The van der Waals surface area contributed by atoms with Crippen LogP contribution in [0.15, 0.2) is 12.3 Å². The maximum atomic E-state index is 4.60. The Labute approximate surface area is 106 Å². The maximum Gasteiger partial charge on any atom is 0.0640 e. The zero-order valence-corrected chi connectivity index (χ0v) is 11.9. The van der Waals surface area contributed by atoms with E-state index < -0.39 is 0 Å². The average Bonchev–Trinajstić information content (AvgIpc) is 2.72. The number of hydrogen-bond acceptors (Lipinski definition) is 2. The monoisotopic (exact) mass is 237 g/mol. The molecule has 0 aliphatic heterocycles. The van der Waals surface area contributed by atoms with E-state index in [1.165, 1.54) is 18.5 Å². The van der Waals surface area contributed by atoms with Crippen molar-refractivity contribution in [3.63, 3.8) is 0 Å². The van der Waals surface area contributed by atoms with Crippen molar-refractivity contribution in [3.8, 4) is 0 Å². The van der Waals surface area contributed by atoms with Crippen LogP contribution in [0.4, 0.5) is 0 Å². The molecule has 0 fully saturated rings. The van der Waals surface area contributed by atoms with Gasteiger partial charge in [0, 0.05) is 24.7 Å². The Bertz CT molecular complexity index is 315. The van der Waals surface area contributed by atoms with Crippen molar-refractivity contribution in [1.29, 1.82) is 0 Å². The molecule has 1 aromatic rings. The van der Waals surface area contributed by atoms with Gasteiger partial charge >= 0.3 is 0 Å². The first-order valence-corrected chi connectivity index (χ1v) is 6.74. The molecule has 1 heterocycles. The van der Waals surface area contributed by atoms with Gasteiger partial charge in [-0.1, -0.05) is 13.8 Å². The highest BCUT2D eigenvalue weighted by atomic mass is 15.3. The van der Waals surface area contributed by atoms with Gasteiger partial charge in [-0.05, 0) is 45.7 Å². The molecule has 0 bridgehead atoms. The summed E-state index contributed by atoms with van der Waals surface area (Å²) in [6.07, 6.45) is 5.61. The molecule has 0 aromatic carbocycles. The van der Waals surface area contributed by atoms with E-state index >= 15 is 0 Å². The molecule has 17 heavy (non-hydrogen) atoms. The highest BCUT2D eigenvalue weighted by Gasteiger charge is 2.10. The quantitative estimate of drug-likeness (QED) is 0.790. The zero-order valence-electron chi connectivity index (χ0n) is 11.9. The van der Waals surface area contributed by atoms with Crippen LogP contribution in [0.3, 0.4) is 0 Å². The van der Waals surface area contributed by atoms with Crippen molar-refractivity contribution < 1.29 is 0 Å². The second-order valence-corrected chi connectivity index (χ2v) is 5.54. The first kappa shape index (κ1) is 14.2. The topological polar surface area (TPSA) is 29.9 Å². The lowest BCUT2D eigenvalue weighted by Gasteiger charge is -2.16. The van der Waals surface area contributed by atoms with E-state index in [1.54, 1.807) is 0 Å². The Morgan fingerprint density at radius 2 is 1.94 bits per heavy atom. The van der Waals surface area contributed by atoms with Crippen LogP contribution in [-0.2, 0) is 6.42 Å². The van der Waals surface area contributed by atoms with Crippen LogP contribution in [0, 0.1) is 5.92 Å². The van der Waals surface area contributed by atoms with Gasteiger partial charge in [0.05, 0.1) is 5.69 Å². The Kier molecular flexibility index (Phi) is 5.69. The van der Waals surface area contributed by atoms with Crippen molar-refractivity contribution in [2.75, 3.05) is 7.05 Å². The molecule has 0 saturated heterocycles. The van der Waals surface area contributed by atoms with Gasteiger partial charge in [-0.25, -0.2) is 0 Å². The smallest absolute Gasteiger partial charge is 0.0640 e. The third-order valence-electron chi connectivity index (χ3n) is 3.15. The van der Waals surface area contributed by atoms with E-state index in [1.807, 2.05) is 11.7 Å². The molecule has 1 rings (SSSR count). The fraction of sp³-hybridized carbons (Fsp3) is 0.786. The fourth-order valence-electron chi connectivity index (χ4n) is 1.91. The van der Waals surface area contributed by atoms with Gasteiger partial charge in [-0.2, -0.15) is 5.10 Å². The molecule has 1 aromatic heterocycles. The number of rotatable bonds is 7. The molecular formula is C14H27N3. The van der Waals surface area contributed by atoms with E-state index in [0.29, 0.717) is 12.1 Å². The van der Waals surface area contributed by atoms with Crippen LogP contribution in [0.2, 0.25) is 0 Å². The standard InChI is InChI=1S/C14H27N3/c1-11(2)6-7-13(15-5)10-14-8-9-17(16-14)12(3)4/h8-9,11-13,15H,6-7,10H2,1-5H3. The average molecular weight is 237 g/mol. The van der Waals surface area contributed by atoms with E-state index in [2.05, 4.69) is 50.4 Å². The lowest BCUT2D eigenvalue weighted by Crippen LogP contribution is -2.28. The molecule has 0 spiro atoms. The summed E-state index contributed by atoms with van der Waals surface area (Å²) in [5.41, 5.74) is 1.20. The summed E-state index contributed by atoms with van der Waals surface area (Å²) < 4.78 is 2.03. The van der Waals surface area contributed by atoms with Crippen LogP contribution >= 0.6 is 0 Å². The SMILES string of the molecule is CNC(CCC(C)C)Cc1ccn(C(C)C)n1. The Hall–Kier alpha value is -0.830. The number of nitrogens with zero attached hydrogens (tertiary/aromatic N) is 2. The molecule has 0 aliphatic carbocycles. The van der Waals surface area contributed by atoms with Gasteiger partial charge in [-0.3, -0.25) is 4.68 Å². The molecule has 1 unspecified atom stereocenters. The summed E-state index contributed by atoms with van der Waals surface area (Å²) in [5.74, 6) is 0.777. The van der Waals surface area contributed by atoms with Gasteiger partial charge in [-0.15, -0.1) is 0 Å². The first-order chi connectivity index (χ1) is 8.02. The van der Waals surface area contributed by atoms with Gasteiger partial charge in [0.1, 0.15) is 0 Å². The summed E-state index contributed by atoms with van der Waals surface area (Å²) in [6, 6.07) is 3.14. The summed E-state index contributed by atoms with van der Waals surface area (Å²) in [7, 11) is 2.05. The van der Waals surface area contributed by atoms with E-state index in [9.17, 15) is 0 Å². The summed E-state index contributed by atoms with van der Waals surface area (Å²) >= 11 is 0. The van der Waals surface area contributed by atoms with Gasteiger partial charge in [0.25, 0.3) is 0 Å². The molecule has 0 amide bonds. The molecule has 1 atom stereocenters. The van der Waals surface area contributed by atoms with E-state index in [4.69, 9.17) is 0 Å². The predicted octanol–water partition coefficient (Wildman–Crippen LogP) is 3.03. The molecule has 0 radical (unpaired) electrons. The van der Waals surface area contributed by atoms with Crippen LogP contribution in [0.1, 0.15) is 52.3 Å². The lowest BCUT2D eigenvalue weighted by atomic mass is 10.0. The fourth-order valence-corrected chi connectivity index (χ4v) is 1.91. The van der Waals surface area contributed by atoms with Crippen molar-refractivity contribution in [3.05, 3.63) is 18.0 Å². The van der Waals surface area contributed by atoms with E-state index in [-0.39, 0.29) is 0 Å². The highest BCUT2D eigenvalue weighted by molar-refractivity contribution is 5.02. The van der Waals surface area contributed by atoms with Crippen LogP contribution in [0.25, 0.3) is 0 Å². The second kappa shape index (κ2) is 6.80. The van der Waals surface area contributed by atoms with Gasteiger partial charge in [0.15, 0.2) is 0 Å². The molecule has 3 heteroatoms. The summed E-state index contributed by atoms with van der Waals surface area (Å²) in [6.45, 7) is 8.87. The molecule has 1 N–H and O–H groups in total. The number of hydrogen-bond donors (Lipinski definition) is 1. The molecule has 98 valence electrons. The number of aromatic nitrogens is 2. The first-order valence-electron chi connectivity index (χ1n) is 6.74. The maximum absolute atomic E-state index is 4.60. The van der Waals surface area contributed by atoms with Crippen LogP contribution in [-0.4, -0.2) is 22.9 Å². The minimum absolute atomic E-state index is 0.451. The van der Waals surface area contributed by atoms with Crippen molar-refractivity contribution in [2.24, 2.45) is 5.92 Å². The van der Waals surface area contributed by atoms with E-state index in [0.717, 1.165) is 12.3 Å². The molecule has 0 saturated carbocycles. The van der Waals surface area contributed by atoms with Crippen molar-refractivity contribution in [2.45, 2.75) is 59.0 Å². The van der Waals surface area contributed by atoms with Gasteiger partial charge < -0.3 is 5.32 Å². The minimum atomic E-state index is 0.451. The lowest BCUT2D eigenvalue weighted by molar-refractivity contribution is 0.443. The highest BCUT2D eigenvalue weighted by Crippen LogP contribution is 2.11. The Morgan fingerprint density at radius 1 is 1.24 bits per heavy atom. The molecular weight excluding hydrogens is 210 g/mol. The summed E-state index contributed by atoms with van der Waals surface area (Å²) in [5, 5.41) is 8.00. The van der Waals surface area contributed by atoms with Gasteiger partial charge in [0.2, 0.25) is 0 Å². The predicted molar refractivity (Wildman–Crippen MR) is 73.2 cm³/mol. The Balaban J connectivity index is 2.49. The number of nitrogens with one attached hydrogen (secondary N) is 1. The minimum Gasteiger partial charge on any atom is -0.317 e. The van der Waals surface area contributed by atoms with Crippen molar-refractivity contribution in [1.82, 2.24) is 15.1 Å². The normalized spacial score (nSPS) is 13.6. The third-order valence-corrected chi connectivity index (χ3v) is 3.15. The molecule has 3 nitrogen and oxygen atoms in total. The second-order valence-electron chi connectivity index (χ2n) is 5.54. The van der Waals surface area contributed by atoms with Crippen LogP contribution < -0.4 is 5.32 Å². The molecule has 0 aliphatic rings. The third kappa shape index (κ3) is 4.90. The largest absolute Gasteiger partial charge is 0.317 e. The van der Waals surface area contributed by atoms with Crippen molar-refractivity contribution >= 4 is 0 Å². The Morgan fingerprint density at radius 3 is 2.41 bits per heavy atom. The number of likely N-dealkylation sites (N-methyl/N-ethyl adjacent to an activating group) is 1. The zero-order chi connectivity index (χ0) is 12.8.